The van der Waals surface area contributed by atoms with Gasteiger partial charge in [0.05, 0.1) is 5.25 Å². The van der Waals surface area contributed by atoms with Crippen LogP contribution < -0.4 is 5.73 Å². The molecule has 1 aliphatic heterocycles. The molecular formula is C10H18N2O4S. The Balaban J connectivity index is 1.95. The summed E-state index contributed by atoms with van der Waals surface area (Å²) < 4.78 is 30.9. The molecule has 98 valence electrons. The predicted molar refractivity (Wildman–Crippen MR) is 61.9 cm³/mol. The lowest BCUT2D eigenvalue weighted by Gasteiger charge is -2.20. The van der Waals surface area contributed by atoms with Crippen molar-refractivity contribution < 1.29 is 17.8 Å². The Kier molecular flexibility index (Phi) is 3.42. The summed E-state index contributed by atoms with van der Waals surface area (Å²) in [4.78, 5) is 13.8. The van der Waals surface area contributed by atoms with Crippen molar-refractivity contribution in [3.8, 4) is 0 Å². The fourth-order valence-corrected chi connectivity index (χ4v) is 3.59. The first-order valence-electron chi connectivity index (χ1n) is 5.88. The van der Waals surface area contributed by atoms with E-state index in [9.17, 15) is 13.2 Å². The predicted octanol–water partition coefficient (Wildman–Crippen LogP) is -0.397. The van der Waals surface area contributed by atoms with Crippen molar-refractivity contribution in [2.24, 2.45) is 11.7 Å². The van der Waals surface area contributed by atoms with Crippen LogP contribution in [-0.2, 0) is 14.9 Å². The molecule has 3 unspecified atom stereocenters. The van der Waals surface area contributed by atoms with E-state index >= 15 is 0 Å². The van der Waals surface area contributed by atoms with E-state index in [0.29, 0.717) is 25.9 Å². The van der Waals surface area contributed by atoms with Crippen LogP contribution in [0.1, 0.15) is 25.7 Å². The number of nitrogens with two attached hydrogens (primary N) is 1. The minimum absolute atomic E-state index is 0.0101. The molecule has 17 heavy (non-hydrogen) atoms. The van der Waals surface area contributed by atoms with Gasteiger partial charge in [0.1, 0.15) is 0 Å². The molecule has 0 aromatic heterocycles. The van der Waals surface area contributed by atoms with Gasteiger partial charge in [0.15, 0.2) is 0 Å². The van der Waals surface area contributed by atoms with E-state index < -0.39 is 15.4 Å². The van der Waals surface area contributed by atoms with E-state index in [4.69, 9.17) is 10.3 Å². The van der Waals surface area contributed by atoms with Gasteiger partial charge < -0.3 is 10.6 Å². The molecule has 1 amide bonds. The first-order valence-corrected chi connectivity index (χ1v) is 7.39. The van der Waals surface area contributed by atoms with Gasteiger partial charge in [0, 0.05) is 25.0 Å². The molecule has 0 aromatic carbocycles. The molecule has 3 atom stereocenters. The molecule has 1 saturated heterocycles. The molecule has 1 heterocycles. The second-order valence-corrected chi connectivity index (χ2v) is 6.68. The first kappa shape index (κ1) is 12.8. The molecule has 7 heteroatoms. The van der Waals surface area contributed by atoms with Gasteiger partial charge in [-0.1, -0.05) is 0 Å². The lowest BCUT2D eigenvalue weighted by molar-refractivity contribution is -0.134. The third-order valence-electron chi connectivity index (χ3n) is 3.69. The number of rotatable bonds is 2. The van der Waals surface area contributed by atoms with Crippen LogP contribution in [0.5, 0.6) is 0 Å². The Hall–Kier alpha value is -0.660. The van der Waals surface area contributed by atoms with Gasteiger partial charge in [-0.05, 0) is 25.7 Å². The Morgan fingerprint density at radius 3 is 2.47 bits per heavy atom. The van der Waals surface area contributed by atoms with Crippen LogP contribution in [-0.4, -0.2) is 48.2 Å². The highest BCUT2D eigenvalue weighted by molar-refractivity contribution is 7.86. The summed E-state index contributed by atoms with van der Waals surface area (Å²) in [6.45, 7) is 1.22. The van der Waals surface area contributed by atoms with Gasteiger partial charge in [-0.25, -0.2) is 0 Å². The quantitative estimate of drug-likeness (QED) is 0.660. The standard InChI is InChI=1S/C10H18N2O4S/c11-8-3-4-12(6-8)10(13)7-1-2-9(5-7)17(14,15)16/h7-9H,1-6,11H2,(H,14,15,16). The minimum Gasteiger partial charge on any atom is -0.341 e. The number of nitrogens with zero attached hydrogens (tertiary/aromatic N) is 1. The maximum Gasteiger partial charge on any atom is 0.267 e. The van der Waals surface area contributed by atoms with Crippen molar-refractivity contribution in [3.05, 3.63) is 0 Å². The van der Waals surface area contributed by atoms with Crippen molar-refractivity contribution in [1.29, 1.82) is 0 Å². The van der Waals surface area contributed by atoms with Gasteiger partial charge in [-0.3, -0.25) is 9.35 Å². The van der Waals surface area contributed by atoms with E-state index in [1.807, 2.05) is 0 Å². The van der Waals surface area contributed by atoms with Crippen LogP contribution in [0, 0.1) is 5.92 Å². The summed E-state index contributed by atoms with van der Waals surface area (Å²) in [5.41, 5.74) is 5.73. The van der Waals surface area contributed by atoms with E-state index in [2.05, 4.69) is 0 Å². The zero-order chi connectivity index (χ0) is 12.6. The van der Waals surface area contributed by atoms with Gasteiger partial charge in [-0.2, -0.15) is 8.42 Å². The normalized spacial score (nSPS) is 34.2. The summed E-state index contributed by atoms with van der Waals surface area (Å²) in [5.74, 6) is -0.281. The maximum atomic E-state index is 12.1. The first-order chi connectivity index (χ1) is 7.88. The van der Waals surface area contributed by atoms with Crippen LogP contribution in [0.3, 0.4) is 0 Å². The van der Waals surface area contributed by atoms with Crippen LogP contribution in [0.25, 0.3) is 0 Å². The Morgan fingerprint density at radius 2 is 2.00 bits per heavy atom. The number of likely N-dealkylation sites (tertiary alicyclic amines) is 1. The van der Waals surface area contributed by atoms with Crippen molar-refractivity contribution >= 4 is 16.0 Å². The van der Waals surface area contributed by atoms with Gasteiger partial charge in [0.25, 0.3) is 10.1 Å². The summed E-state index contributed by atoms with van der Waals surface area (Å²) in [6.07, 6.45) is 1.95. The Labute approximate surface area is 101 Å². The molecule has 0 aromatic rings. The molecule has 2 rings (SSSR count). The SMILES string of the molecule is NC1CCN(C(=O)C2CCC(S(=O)(=O)O)C2)C1. The fraction of sp³-hybridized carbons (Fsp3) is 0.900. The number of carbonyl (C=O) groups is 1. The largest absolute Gasteiger partial charge is 0.341 e. The number of hydrogen-bond acceptors (Lipinski definition) is 4. The Bertz CT molecular complexity index is 409. The highest BCUT2D eigenvalue weighted by atomic mass is 32.2. The second kappa shape index (κ2) is 4.55. The van der Waals surface area contributed by atoms with Crippen LogP contribution >= 0.6 is 0 Å². The van der Waals surface area contributed by atoms with E-state index in [-0.39, 0.29) is 24.3 Å². The van der Waals surface area contributed by atoms with Gasteiger partial charge in [0.2, 0.25) is 5.91 Å². The molecule has 0 radical (unpaired) electrons. The van der Waals surface area contributed by atoms with Crippen LogP contribution in [0.15, 0.2) is 0 Å². The van der Waals surface area contributed by atoms with E-state index in [1.54, 1.807) is 4.90 Å². The topological polar surface area (TPSA) is 101 Å². The number of amides is 1. The minimum atomic E-state index is -4.00. The molecule has 1 aliphatic carbocycles. The molecule has 0 spiro atoms. The average molecular weight is 262 g/mol. The average Bonchev–Trinajstić information content (AvgIpc) is 2.83. The summed E-state index contributed by atoms with van der Waals surface area (Å²) >= 11 is 0. The molecule has 6 nitrogen and oxygen atoms in total. The van der Waals surface area contributed by atoms with Crippen molar-refractivity contribution in [1.82, 2.24) is 4.90 Å². The lowest BCUT2D eigenvalue weighted by atomic mass is 10.1. The molecule has 3 N–H and O–H groups in total. The second-order valence-electron chi connectivity index (χ2n) is 4.98. The summed E-state index contributed by atoms with van der Waals surface area (Å²) in [5, 5.41) is -0.771. The molecule has 2 fully saturated rings. The zero-order valence-corrected chi connectivity index (χ0v) is 10.4. The van der Waals surface area contributed by atoms with Gasteiger partial charge in [-0.15, -0.1) is 0 Å². The zero-order valence-electron chi connectivity index (χ0n) is 9.58. The number of hydrogen-bond donors (Lipinski definition) is 2. The van der Waals surface area contributed by atoms with Gasteiger partial charge >= 0.3 is 0 Å². The maximum absolute atomic E-state index is 12.1. The molecule has 2 aliphatic rings. The molecular weight excluding hydrogens is 244 g/mol. The molecule has 0 bridgehead atoms. The van der Waals surface area contributed by atoms with Crippen molar-refractivity contribution in [3.63, 3.8) is 0 Å². The third kappa shape index (κ3) is 2.78. The monoisotopic (exact) mass is 262 g/mol. The fourth-order valence-electron chi connectivity index (χ4n) is 2.68. The summed E-state index contributed by atoms with van der Waals surface area (Å²) in [6, 6.07) is 0.0396. The highest BCUT2D eigenvalue weighted by Crippen LogP contribution is 2.32. The highest BCUT2D eigenvalue weighted by Gasteiger charge is 2.39. The van der Waals surface area contributed by atoms with Crippen LogP contribution in [0.4, 0.5) is 0 Å². The van der Waals surface area contributed by atoms with Crippen LogP contribution in [0.2, 0.25) is 0 Å². The third-order valence-corrected chi connectivity index (χ3v) is 4.96. The van der Waals surface area contributed by atoms with E-state index in [1.165, 1.54) is 0 Å². The lowest BCUT2D eigenvalue weighted by Crippen LogP contribution is -2.36. The smallest absolute Gasteiger partial charge is 0.267 e. The van der Waals surface area contributed by atoms with E-state index in [0.717, 1.165) is 6.42 Å². The van der Waals surface area contributed by atoms with Crippen molar-refractivity contribution in [2.75, 3.05) is 13.1 Å². The summed E-state index contributed by atoms with van der Waals surface area (Å²) in [7, 11) is -4.00. The number of carbonyl (C=O) groups excluding carboxylic acids is 1. The Morgan fingerprint density at radius 1 is 1.29 bits per heavy atom. The molecule has 1 saturated carbocycles. The van der Waals surface area contributed by atoms with Crippen molar-refractivity contribution in [2.45, 2.75) is 37.0 Å².